The zero-order valence-corrected chi connectivity index (χ0v) is 8.49. The van der Waals surface area contributed by atoms with Crippen LogP contribution < -0.4 is 0 Å². The fraction of sp³-hybridized carbons (Fsp3) is 1.00. The standard InChI is InChI=1S/C6H12O8S/c1-2-3(7)4(8)5(6(9)13-2)14-15(10,11)12/h2-9H,1H3,(H,10,11,12)/p-1/t2-,3+,4+,5-,6-/m0/s1. The Morgan fingerprint density at radius 3 is 2.27 bits per heavy atom. The van der Waals surface area contributed by atoms with E-state index in [0.717, 1.165) is 0 Å². The van der Waals surface area contributed by atoms with Crippen molar-refractivity contribution in [3.8, 4) is 0 Å². The van der Waals surface area contributed by atoms with Crippen molar-refractivity contribution >= 4 is 10.4 Å². The molecular formula is C6H11O8S-. The van der Waals surface area contributed by atoms with Gasteiger partial charge in [0.25, 0.3) is 0 Å². The Kier molecular flexibility index (Phi) is 3.66. The predicted octanol–water partition coefficient (Wildman–Crippen LogP) is -2.71. The van der Waals surface area contributed by atoms with Gasteiger partial charge in [-0.2, -0.15) is 0 Å². The van der Waals surface area contributed by atoms with Crippen LogP contribution in [0.5, 0.6) is 0 Å². The van der Waals surface area contributed by atoms with Crippen LogP contribution >= 0.6 is 0 Å². The van der Waals surface area contributed by atoms with Crippen LogP contribution in [0.2, 0.25) is 0 Å². The lowest BCUT2D eigenvalue weighted by Gasteiger charge is -2.38. The average Bonchev–Trinajstić information content (AvgIpc) is 2.07. The summed E-state index contributed by atoms with van der Waals surface area (Å²) in [5.41, 5.74) is 0. The summed E-state index contributed by atoms with van der Waals surface area (Å²) >= 11 is 0. The highest BCUT2D eigenvalue weighted by Crippen LogP contribution is 2.22. The van der Waals surface area contributed by atoms with Gasteiger partial charge < -0.3 is 24.6 Å². The molecule has 1 fully saturated rings. The van der Waals surface area contributed by atoms with Crippen LogP contribution in [0.4, 0.5) is 0 Å². The molecule has 1 rings (SSSR count). The van der Waals surface area contributed by atoms with Crippen molar-refractivity contribution in [1.29, 1.82) is 0 Å². The molecule has 15 heavy (non-hydrogen) atoms. The second-order valence-corrected chi connectivity index (χ2v) is 4.19. The SMILES string of the molecule is C[C@@H]1O[C@H](O)[C@@H](OS(=O)(=O)[O-])[C@H](O)[C@@H]1O. The van der Waals surface area contributed by atoms with Crippen LogP contribution in [0.15, 0.2) is 0 Å². The van der Waals surface area contributed by atoms with Gasteiger partial charge in [0.15, 0.2) is 12.4 Å². The number of aliphatic hydroxyl groups is 3. The van der Waals surface area contributed by atoms with E-state index in [2.05, 4.69) is 8.92 Å². The summed E-state index contributed by atoms with van der Waals surface area (Å²) in [7, 11) is -5.09. The number of rotatable bonds is 2. The van der Waals surface area contributed by atoms with E-state index >= 15 is 0 Å². The molecule has 0 saturated carbocycles. The maximum atomic E-state index is 10.2. The molecule has 9 heteroatoms. The number of hydrogen-bond acceptors (Lipinski definition) is 8. The van der Waals surface area contributed by atoms with Crippen molar-refractivity contribution in [1.82, 2.24) is 0 Å². The topological polar surface area (TPSA) is 136 Å². The molecule has 1 heterocycles. The summed E-state index contributed by atoms with van der Waals surface area (Å²) < 4.78 is 39.2. The van der Waals surface area contributed by atoms with E-state index in [0.29, 0.717) is 0 Å². The quantitative estimate of drug-likeness (QED) is 0.352. The third kappa shape index (κ3) is 3.08. The third-order valence-corrected chi connectivity index (χ3v) is 2.49. The lowest BCUT2D eigenvalue weighted by atomic mass is 10.0. The van der Waals surface area contributed by atoms with Crippen molar-refractivity contribution in [2.75, 3.05) is 0 Å². The molecule has 0 amide bonds. The molecule has 0 spiro atoms. The first-order chi connectivity index (χ1) is 6.72. The molecule has 0 unspecified atom stereocenters. The molecular weight excluding hydrogens is 232 g/mol. The molecule has 0 aromatic rings. The van der Waals surface area contributed by atoms with Gasteiger partial charge in [-0.25, -0.2) is 8.42 Å². The minimum Gasteiger partial charge on any atom is -0.726 e. The highest BCUT2D eigenvalue weighted by molar-refractivity contribution is 7.80. The first kappa shape index (κ1) is 12.8. The summed E-state index contributed by atoms with van der Waals surface area (Å²) in [5.74, 6) is 0. The van der Waals surface area contributed by atoms with Crippen LogP contribution in [0.1, 0.15) is 6.92 Å². The molecule has 3 N–H and O–H groups in total. The van der Waals surface area contributed by atoms with Gasteiger partial charge in [0.2, 0.25) is 10.4 Å². The zero-order chi connectivity index (χ0) is 11.8. The summed E-state index contributed by atoms with van der Waals surface area (Å²) in [6.45, 7) is 1.36. The first-order valence-corrected chi connectivity index (χ1v) is 5.39. The van der Waals surface area contributed by atoms with Gasteiger partial charge in [-0.05, 0) is 6.92 Å². The normalized spacial score (nSPS) is 42.9. The highest BCUT2D eigenvalue weighted by Gasteiger charge is 2.43. The van der Waals surface area contributed by atoms with Crippen LogP contribution in [0, 0.1) is 0 Å². The Bertz CT molecular complexity index is 313. The van der Waals surface area contributed by atoms with Crippen LogP contribution in [-0.2, 0) is 19.3 Å². The predicted molar refractivity (Wildman–Crippen MR) is 43.1 cm³/mol. The van der Waals surface area contributed by atoms with Gasteiger partial charge in [0.1, 0.15) is 12.2 Å². The van der Waals surface area contributed by atoms with Crippen LogP contribution in [0.3, 0.4) is 0 Å². The molecule has 0 aliphatic carbocycles. The van der Waals surface area contributed by atoms with Gasteiger partial charge in [0, 0.05) is 0 Å². The summed E-state index contributed by atoms with van der Waals surface area (Å²) in [4.78, 5) is 0. The maximum Gasteiger partial charge on any atom is 0.218 e. The number of ether oxygens (including phenoxy) is 1. The molecule has 0 radical (unpaired) electrons. The molecule has 1 aliphatic heterocycles. The second kappa shape index (κ2) is 4.29. The molecule has 5 atom stereocenters. The van der Waals surface area contributed by atoms with Gasteiger partial charge in [0.05, 0.1) is 6.10 Å². The highest BCUT2D eigenvalue weighted by atomic mass is 32.3. The van der Waals surface area contributed by atoms with Crippen molar-refractivity contribution in [3.63, 3.8) is 0 Å². The second-order valence-electron chi connectivity index (χ2n) is 3.18. The third-order valence-electron chi connectivity index (χ3n) is 2.03. The van der Waals surface area contributed by atoms with Crippen LogP contribution in [0.25, 0.3) is 0 Å². The number of hydrogen-bond donors (Lipinski definition) is 3. The summed E-state index contributed by atoms with van der Waals surface area (Å²) in [6.07, 6.45) is -7.67. The smallest absolute Gasteiger partial charge is 0.218 e. The monoisotopic (exact) mass is 243 g/mol. The first-order valence-electron chi connectivity index (χ1n) is 4.06. The Balaban J connectivity index is 2.79. The van der Waals surface area contributed by atoms with Crippen molar-refractivity contribution in [3.05, 3.63) is 0 Å². The fourth-order valence-electron chi connectivity index (χ4n) is 1.26. The Morgan fingerprint density at radius 1 is 1.27 bits per heavy atom. The Labute approximate surface area is 86.0 Å². The van der Waals surface area contributed by atoms with E-state index in [-0.39, 0.29) is 0 Å². The van der Waals surface area contributed by atoms with E-state index < -0.39 is 41.1 Å². The van der Waals surface area contributed by atoms with Crippen molar-refractivity contribution < 1.29 is 37.2 Å². The van der Waals surface area contributed by atoms with Crippen molar-refractivity contribution in [2.24, 2.45) is 0 Å². The van der Waals surface area contributed by atoms with E-state index in [1.165, 1.54) is 6.92 Å². The van der Waals surface area contributed by atoms with Gasteiger partial charge in [-0.1, -0.05) is 0 Å². The van der Waals surface area contributed by atoms with Crippen molar-refractivity contribution in [2.45, 2.75) is 37.6 Å². The van der Waals surface area contributed by atoms with E-state index in [1.54, 1.807) is 0 Å². The molecule has 90 valence electrons. The maximum absolute atomic E-state index is 10.2. The lowest BCUT2D eigenvalue weighted by molar-refractivity contribution is -0.271. The fourth-order valence-corrected chi connectivity index (χ4v) is 1.74. The minimum atomic E-state index is -5.09. The molecule has 0 bridgehead atoms. The molecule has 1 aliphatic rings. The van der Waals surface area contributed by atoms with E-state index in [4.69, 9.17) is 5.11 Å². The molecule has 0 aromatic heterocycles. The average molecular weight is 243 g/mol. The van der Waals surface area contributed by atoms with E-state index in [9.17, 15) is 23.2 Å². The van der Waals surface area contributed by atoms with Gasteiger partial charge >= 0.3 is 0 Å². The van der Waals surface area contributed by atoms with Crippen LogP contribution in [-0.4, -0.2) is 59.0 Å². The molecule has 1 saturated heterocycles. The zero-order valence-electron chi connectivity index (χ0n) is 7.68. The molecule has 8 nitrogen and oxygen atoms in total. The number of aliphatic hydroxyl groups excluding tert-OH is 3. The minimum absolute atomic E-state index is 0.899. The van der Waals surface area contributed by atoms with E-state index in [1.807, 2.05) is 0 Å². The van der Waals surface area contributed by atoms with Gasteiger partial charge in [-0.15, -0.1) is 0 Å². The Morgan fingerprint density at radius 2 is 1.80 bits per heavy atom. The summed E-state index contributed by atoms with van der Waals surface area (Å²) in [6, 6.07) is 0. The molecule has 0 aromatic carbocycles. The lowest BCUT2D eigenvalue weighted by Crippen LogP contribution is -2.57. The van der Waals surface area contributed by atoms with Gasteiger partial charge in [-0.3, -0.25) is 4.18 Å². The summed E-state index contributed by atoms with van der Waals surface area (Å²) in [5, 5.41) is 27.8. The largest absolute Gasteiger partial charge is 0.726 e. The Hall–Kier alpha value is -0.290.